The maximum atomic E-state index is 10.2. The summed E-state index contributed by atoms with van der Waals surface area (Å²) >= 11 is 11.9. The van der Waals surface area contributed by atoms with E-state index in [0.29, 0.717) is 16.2 Å². The summed E-state index contributed by atoms with van der Waals surface area (Å²) in [6, 6.07) is 5.68. The summed E-state index contributed by atoms with van der Waals surface area (Å²) in [4.78, 5) is 20.4. The average Bonchev–Trinajstić information content (AvgIpc) is 2.54. The van der Waals surface area contributed by atoms with E-state index >= 15 is 0 Å². The van der Waals surface area contributed by atoms with Crippen molar-refractivity contribution in [1.29, 1.82) is 0 Å². The standard InChI is InChI=1S/C18H27Cl2NO2P/c19-17-8-7-15(13-18(17)20)9-11-21-10-4-12-24(22,23)14-16-5-2-1-3-6-16/h7-8,13-14,21-23H,1-6,9-12H2/q+1. The van der Waals surface area contributed by atoms with Crippen molar-refractivity contribution in [1.82, 2.24) is 5.32 Å². The van der Waals surface area contributed by atoms with E-state index in [1.807, 2.05) is 18.2 Å². The minimum atomic E-state index is -2.86. The summed E-state index contributed by atoms with van der Waals surface area (Å²) in [6.07, 6.45) is 7.81. The van der Waals surface area contributed by atoms with Crippen LogP contribution >= 0.6 is 30.9 Å². The van der Waals surface area contributed by atoms with E-state index in [1.165, 1.54) is 24.8 Å². The first kappa shape index (κ1) is 20.2. The van der Waals surface area contributed by atoms with Crippen molar-refractivity contribution in [2.75, 3.05) is 19.3 Å². The number of halogens is 2. The molecule has 0 aromatic heterocycles. The molecule has 134 valence electrons. The van der Waals surface area contributed by atoms with Crippen LogP contribution in [0.15, 0.2) is 29.6 Å². The zero-order valence-electron chi connectivity index (χ0n) is 14.0. The van der Waals surface area contributed by atoms with Gasteiger partial charge in [-0.2, -0.15) is 0 Å². The summed E-state index contributed by atoms with van der Waals surface area (Å²) in [5.41, 5.74) is 2.39. The predicted octanol–water partition coefficient (Wildman–Crippen LogP) is 5.20. The Morgan fingerprint density at radius 3 is 2.50 bits per heavy atom. The van der Waals surface area contributed by atoms with E-state index in [-0.39, 0.29) is 0 Å². The molecular formula is C18H27Cl2NO2P+. The number of benzene rings is 1. The fourth-order valence-corrected chi connectivity index (χ4v) is 4.90. The molecule has 1 fully saturated rings. The van der Waals surface area contributed by atoms with Crippen molar-refractivity contribution in [2.24, 2.45) is 0 Å². The topological polar surface area (TPSA) is 52.5 Å². The van der Waals surface area contributed by atoms with Crippen LogP contribution in [0.1, 0.15) is 44.1 Å². The Balaban J connectivity index is 1.62. The Hall–Kier alpha value is -0.150. The quantitative estimate of drug-likeness (QED) is 0.422. The summed E-state index contributed by atoms with van der Waals surface area (Å²) in [5, 5.41) is 4.50. The number of hydrogen-bond acceptors (Lipinski definition) is 3. The van der Waals surface area contributed by atoms with Crippen LogP contribution in [0.5, 0.6) is 0 Å². The molecule has 1 aromatic rings. The van der Waals surface area contributed by atoms with E-state index in [0.717, 1.165) is 44.3 Å². The van der Waals surface area contributed by atoms with Crippen molar-refractivity contribution >= 4 is 30.9 Å². The molecule has 3 nitrogen and oxygen atoms in total. The highest BCUT2D eigenvalue weighted by molar-refractivity contribution is 7.67. The highest BCUT2D eigenvalue weighted by atomic mass is 35.5. The maximum absolute atomic E-state index is 10.2. The highest BCUT2D eigenvalue weighted by Crippen LogP contribution is 2.53. The molecule has 0 radical (unpaired) electrons. The van der Waals surface area contributed by atoms with Gasteiger partial charge in [0.2, 0.25) is 0 Å². The molecule has 1 aromatic carbocycles. The van der Waals surface area contributed by atoms with E-state index in [2.05, 4.69) is 5.32 Å². The number of rotatable bonds is 8. The molecule has 6 heteroatoms. The van der Waals surface area contributed by atoms with Crippen LogP contribution in [-0.2, 0) is 6.42 Å². The zero-order chi connectivity index (χ0) is 17.4. The smallest absolute Gasteiger partial charge is 0.292 e. The van der Waals surface area contributed by atoms with Gasteiger partial charge < -0.3 is 5.32 Å². The monoisotopic (exact) mass is 390 g/mol. The molecule has 0 bridgehead atoms. The van der Waals surface area contributed by atoms with Crippen LogP contribution in [0.4, 0.5) is 0 Å². The van der Waals surface area contributed by atoms with Crippen molar-refractivity contribution in [3.05, 3.63) is 45.2 Å². The maximum Gasteiger partial charge on any atom is 0.292 e. The second kappa shape index (κ2) is 10.1. The molecule has 1 aliphatic carbocycles. The van der Waals surface area contributed by atoms with Gasteiger partial charge in [0.05, 0.1) is 10.0 Å². The second-order valence-corrected chi connectivity index (χ2v) is 9.55. The molecule has 3 N–H and O–H groups in total. The van der Waals surface area contributed by atoms with Gasteiger partial charge in [-0.25, -0.2) is 9.79 Å². The first-order valence-corrected chi connectivity index (χ1v) is 11.4. The Morgan fingerprint density at radius 1 is 1.04 bits per heavy atom. The number of hydrogen-bond donors (Lipinski definition) is 3. The summed E-state index contributed by atoms with van der Waals surface area (Å²) in [7, 11) is -2.86. The Kier molecular flexibility index (Phi) is 8.49. The first-order valence-electron chi connectivity index (χ1n) is 8.65. The van der Waals surface area contributed by atoms with E-state index < -0.39 is 7.72 Å². The third-order valence-electron chi connectivity index (χ3n) is 4.30. The fraction of sp³-hybridized carbons (Fsp3) is 0.556. The van der Waals surface area contributed by atoms with Gasteiger partial charge in [0.15, 0.2) is 0 Å². The molecule has 24 heavy (non-hydrogen) atoms. The third kappa shape index (κ3) is 7.39. The third-order valence-corrected chi connectivity index (χ3v) is 6.79. The molecule has 0 saturated heterocycles. The minimum Gasteiger partial charge on any atom is -0.316 e. The molecule has 1 saturated carbocycles. The van der Waals surface area contributed by atoms with Crippen LogP contribution in [0.2, 0.25) is 10.0 Å². The van der Waals surface area contributed by atoms with Gasteiger partial charge in [-0.1, -0.05) is 35.7 Å². The number of allylic oxidation sites excluding steroid dienone is 1. The van der Waals surface area contributed by atoms with Crippen LogP contribution in [0, 0.1) is 0 Å². The second-order valence-electron chi connectivity index (χ2n) is 6.46. The van der Waals surface area contributed by atoms with Crippen LogP contribution in [0.3, 0.4) is 0 Å². The predicted molar refractivity (Wildman–Crippen MR) is 105 cm³/mol. The lowest BCUT2D eigenvalue weighted by Crippen LogP contribution is -2.19. The Bertz CT molecular complexity index is 556. The molecule has 0 heterocycles. The molecule has 1 aliphatic rings. The van der Waals surface area contributed by atoms with Crippen molar-refractivity contribution < 1.29 is 9.79 Å². The van der Waals surface area contributed by atoms with E-state index in [1.54, 1.807) is 5.82 Å². The van der Waals surface area contributed by atoms with E-state index in [4.69, 9.17) is 23.2 Å². The summed E-state index contributed by atoms with van der Waals surface area (Å²) < 4.78 is 0. The highest BCUT2D eigenvalue weighted by Gasteiger charge is 2.30. The first-order chi connectivity index (χ1) is 11.5. The van der Waals surface area contributed by atoms with Gasteiger partial charge in [0, 0.05) is 0 Å². The van der Waals surface area contributed by atoms with Gasteiger partial charge in [0.1, 0.15) is 12.0 Å². The zero-order valence-corrected chi connectivity index (χ0v) is 16.4. The van der Waals surface area contributed by atoms with Gasteiger partial charge in [-0.05, 0) is 74.9 Å². The van der Waals surface area contributed by atoms with Crippen molar-refractivity contribution in [3.63, 3.8) is 0 Å². The fourth-order valence-electron chi connectivity index (χ4n) is 2.98. The van der Waals surface area contributed by atoms with Gasteiger partial charge in [-0.3, -0.25) is 0 Å². The molecule has 2 rings (SSSR count). The minimum absolute atomic E-state index is 0.469. The van der Waals surface area contributed by atoms with Gasteiger partial charge in [-0.15, -0.1) is 0 Å². The lowest BCUT2D eigenvalue weighted by atomic mass is 9.96. The summed E-state index contributed by atoms with van der Waals surface area (Å²) in [5.74, 6) is 1.78. The molecule has 0 spiro atoms. The van der Waals surface area contributed by atoms with Crippen LogP contribution < -0.4 is 5.32 Å². The van der Waals surface area contributed by atoms with Crippen molar-refractivity contribution in [3.8, 4) is 0 Å². The lowest BCUT2D eigenvalue weighted by Gasteiger charge is -2.15. The van der Waals surface area contributed by atoms with Gasteiger partial charge in [0.25, 0.3) is 7.72 Å². The van der Waals surface area contributed by atoms with Crippen molar-refractivity contribution in [2.45, 2.75) is 44.9 Å². The van der Waals surface area contributed by atoms with E-state index in [9.17, 15) is 9.79 Å². The molecule has 0 amide bonds. The molecule has 0 aliphatic heterocycles. The normalized spacial score (nSPS) is 15.6. The SMILES string of the molecule is O[P+](O)(C=C1CCCCC1)CCCNCCc1ccc(Cl)c(Cl)c1. The lowest BCUT2D eigenvalue weighted by molar-refractivity contribution is 0.458. The Labute approximate surface area is 155 Å². The summed E-state index contributed by atoms with van der Waals surface area (Å²) in [6.45, 7) is 1.62. The average molecular weight is 391 g/mol. The Morgan fingerprint density at radius 2 is 1.79 bits per heavy atom. The largest absolute Gasteiger partial charge is 0.316 e. The van der Waals surface area contributed by atoms with Gasteiger partial charge >= 0.3 is 0 Å². The van der Waals surface area contributed by atoms with Crippen LogP contribution in [-0.4, -0.2) is 29.0 Å². The molecule has 0 unspecified atom stereocenters. The molecule has 0 atom stereocenters. The molecular weight excluding hydrogens is 364 g/mol. The number of nitrogens with one attached hydrogen (secondary N) is 1. The van der Waals surface area contributed by atoms with Crippen LogP contribution in [0.25, 0.3) is 0 Å².